The molecule has 21 heavy (non-hydrogen) atoms. The summed E-state index contributed by atoms with van der Waals surface area (Å²) in [6.07, 6.45) is 5.44. The molecule has 2 heterocycles. The highest BCUT2D eigenvalue weighted by atomic mass is 19.1. The van der Waals surface area contributed by atoms with Crippen LogP contribution in [0.3, 0.4) is 0 Å². The lowest BCUT2D eigenvalue weighted by molar-refractivity contribution is 0.102. The van der Waals surface area contributed by atoms with Crippen molar-refractivity contribution in [1.29, 1.82) is 0 Å². The number of halogens is 1. The number of aryl methyl sites for hydroxylation is 1. The van der Waals surface area contributed by atoms with E-state index in [9.17, 15) is 9.18 Å². The Morgan fingerprint density at radius 2 is 2.19 bits per heavy atom. The topological polar surface area (TPSA) is 66.9 Å². The summed E-state index contributed by atoms with van der Waals surface area (Å²) < 4.78 is 14.2. The van der Waals surface area contributed by atoms with Crippen LogP contribution in [0.1, 0.15) is 29.3 Å². The number of hydrogen-bond acceptors (Lipinski definition) is 4. The first-order chi connectivity index (χ1) is 10.1. The molecule has 0 bridgehead atoms. The highest BCUT2D eigenvalue weighted by molar-refractivity contribution is 6.04. The van der Waals surface area contributed by atoms with E-state index in [-0.39, 0.29) is 11.4 Å². The zero-order valence-electron chi connectivity index (χ0n) is 12.0. The SMILES string of the molecule is CCCNc1nccc(C(=O)Nc2cncc(C)c2)c1F. The van der Waals surface area contributed by atoms with Gasteiger partial charge in [-0.2, -0.15) is 0 Å². The van der Waals surface area contributed by atoms with Crippen molar-refractivity contribution in [1.82, 2.24) is 9.97 Å². The first-order valence-electron chi connectivity index (χ1n) is 6.73. The zero-order valence-corrected chi connectivity index (χ0v) is 12.0. The molecule has 5 nitrogen and oxygen atoms in total. The number of aromatic nitrogens is 2. The molecule has 0 spiro atoms. The lowest BCUT2D eigenvalue weighted by Gasteiger charge is -2.09. The normalized spacial score (nSPS) is 10.2. The summed E-state index contributed by atoms with van der Waals surface area (Å²) in [5, 5.41) is 5.48. The highest BCUT2D eigenvalue weighted by Crippen LogP contribution is 2.17. The Balaban J connectivity index is 2.19. The van der Waals surface area contributed by atoms with Crippen LogP contribution in [0.15, 0.2) is 30.7 Å². The Morgan fingerprint density at radius 3 is 2.90 bits per heavy atom. The fraction of sp³-hybridized carbons (Fsp3) is 0.267. The molecule has 6 heteroatoms. The van der Waals surface area contributed by atoms with Crippen LogP contribution in [-0.4, -0.2) is 22.4 Å². The van der Waals surface area contributed by atoms with Crippen LogP contribution in [-0.2, 0) is 0 Å². The second kappa shape index (κ2) is 6.78. The van der Waals surface area contributed by atoms with Crippen LogP contribution in [0.25, 0.3) is 0 Å². The summed E-state index contributed by atoms with van der Waals surface area (Å²) in [6, 6.07) is 3.12. The summed E-state index contributed by atoms with van der Waals surface area (Å²) in [5.41, 5.74) is 1.39. The first kappa shape index (κ1) is 14.9. The molecule has 0 saturated heterocycles. The third-order valence-electron chi connectivity index (χ3n) is 2.81. The van der Waals surface area contributed by atoms with E-state index in [0.717, 1.165) is 12.0 Å². The maximum Gasteiger partial charge on any atom is 0.258 e. The quantitative estimate of drug-likeness (QED) is 0.887. The molecule has 0 saturated carbocycles. The predicted molar refractivity (Wildman–Crippen MR) is 79.9 cm³/mol. The number of anilines is 2. The molecule has 0 radical (unpaired) electrons. The molecular weight excluding hydrogens is 271 g/mol. The summed E-state index contributed by atoms with van der Waals surface area (Å²) in [7, 11) is 0. The van der Waals surface area contributed by atoms with Gasteiger partial charge in [-0.05, 0) is 31.0 Å². The van der Waals surface area contributed by atoms with Gasteiger partial charge in [-0.1, -0.05) is 6.92 Å². The van der Waals surface area contributed by atoms with Crippen molar-refractivity contribution < 1.29 is 9.18 Å². The molecule has 2 aromatic heterocycles. The number of carbonyl (C=O) groups is 1. The van der Waals surface area contributed by atoms with Gasteiger partial charge in [0.2, 0.25) is 0 Å². The van der Waals surface area contributed by atoms with Gasteiger partial charge in [-0.15, -0.1) is 0 Å². The van der Waals surface area contributed by atoms with Crippen LogP contribution in [0, 0.1) is 12.7 Å². The molecule has 2 N–H and O–H groups in total. The maximum absolute atomic E-state index is 14.2. The maximum atomic E-state index is 14.2. The fourth-order valence-electron chi connectivity index (χ4n) is 1.81. The van der Waals surface area contributed by atoms with Gasteiger partial charge in [-0.3, -0.25) is 9.78 Å². The van der Waals surface area contributed by atoms with Crippen molar-refractivity contribution in [3.63, 3.8) is 0 Å². The van der Waals surface area contributed by atoms with E-state index in [4.69, 9.17) is 0 Å². The summed E-state index contributed by atoms with van der Waals surface area (Å²) in [4.78, 5) is 20.0. The third-order valence-corrected chi connectivity index (χ3v) is 2.81. The minimum absolute atomic E-state index is 0.0508. The van der Waals surface area contributed by atoms with Gasteiger partial charge >= 0.3 is 0 Å². The number of nitrogens with one attached hydrogen (secondary N) is 2. The van der Waals surface area contributed by atoms with Crippen LogP contribution in [0.4, 0.5) is 15.9 Å². The monoisotopic (exact) mass is 288 g/mol. The van der Waals surface area contributed by atoms with Gasteiger partial charge < -0.3 is 10.6 Å². The number of amides is 1. The van der Waals surface area contributed by atoms with E-state index >= 15 is 0 Å². The van der Waals surface area contributed by atoms with Gasteiger partial charge in [0.25, 0.3) is 5.91 Å². The molecule has 0 aromatic carbocycles. The van der Waals surface area contributed by atoms with E-state index in [1.165, 1.54) is 18.5 Å². The van der Waals surface area contributed by atoms with Gasteiger partial charge in [0.05, 0.1) is 17.4 Å². The molecular formula is C15H17FN4O. The zero-order chi connectivity index (χ0) is 15.2. The number of carbonyl (C=O) groups excluding carboxylic acids is 1. The van der Waals surface area contributed by atoms with E-state index < -0.39 is 11.7 Å². The fourth-order valence-corrected chi connectivity index (χ4v) is 1.81. The Hall–Kier alpha value is -2.50. The first-order valence-corrected chi connectivity index (χ1v) is 6.73. The standard InChI is InChI=1S/C15H17FN4O/c1-3-5-18-14-13(16)12(4-6-19-14)15(21)20-11-7-10(2)8-17-9-11/h4,6-9H,3,5H2,1-2H3,(H,18,19)(H,20,21). The molecule has 2 rings (SSSR count). The van der Waals surface area contributed by atoms with Crippen LogP contribution in [0.5, 0.6) is 0 Å². The summed E-state index contributed by atoms with van der Waals surface area (Å²) in [5.74, 6) is -1.09. The second-order valence-electron chi connectivity index (χ2n) is 4.65. The minimum Gasteiger partial charge on any atom is -0.368 e. The molecule has 0 fully saturated rings. The second-order valence-corrected chi connectivity index (χ2v) is 4.65. The van der Waals surface area contributed by atoms with Gasteiger partial charge in [0.1, 0.15) is 0 Å². The Kier molecular flexibility index (Phi) is 4.81. The molecule has 0 aliphatic rings. The van der Waals surface area contributed by atoms with Crippen molar-refractivity contribution in [3.8, 4) is 0 Å². The highest BCUT2D eigenvalue weighted by Gasteiger charge is 2.16. The molecule has 0 atom stereocenters. The number of nitrogens with zero attached hydrogens (tertiary/aromatic N) is 2. The number of rotatable bonds is 5. The number of hydrogen-bond donors (Lipinski definition) is 2. The molecule has 110 valence electrons. The van der Waals surface area contributed by atoms with E-state index in [1.54, 1.807) is 12.3 Å². The van der Waals surface area contributed by atoms with Gasteiger partial charge in [0.15, 0.2) is 11.6 Å². The summed E-state index contributed by atoms with van der Waals surface area (Å²) >= 11 is 0. The van der Waals surface area contributed by atoms with Crippen molar-refractivity contribution in [2.75, 3.05) is 17.2 Å². The summed E-state index contributed by atoms with van der Waals surface area (Å²) in [6.45, 7) is 4.42. The van der Waals surface area contributed by atoms with Crippen LogP contribution < -0.4 is 10.6 Å². The molecule has 2 aromatic rings. The van der Waals surface area contributed by atoms with Crippen molar-refractivity contribution >= 4 is 17.4 Å². The van der Waals surface area contributed by atoms with Crippen LogP contribution in [0.2, 0.25) is 0 Å². The van der Waals surface area contributed by atoms with Crippen LogP contribution >= 0.6 is 0 Å². The smallest absolute Gasteiger partial charge is 0.258 e. The third kappa shape index (κ3) is 3.75. The average molecular weight is 288 g/mol. The minimum atomic E-state index is -0.649. The van der Waals surface area contributed by atoms with E-state index in [2.05, 4.69) is 20.6 Å². The number of pyridine rings is 2. The Morgan fingerprint density at radius 1 is 1.38 bits per heavy atom. The van der Waals surface area contributed by atoms with Crippen molar-refractivity contribution in [3.05, 3.63) is 47.7 Å². The van der Waals surface area contributed by atoms with Crippen molar-refractivity contribution in [2.24, 2.45) is 0 Å². The average Bonchev–Trinajstić information content (AvgIpc) is 2.46. The Labute approximate surface area is 122 Å². The van der Waals surface area contributed by atoms with Crippen molar-refractivity contribution in [2.45, 2.75) is 20.3 Å². The van der Waals surface area contributed by atoms with E-state index in [1.807, 2.05) is 13.8 Å². The molecule has 0 aliphatic heterocycles. The lowest BCUT2D eigenvalue weighted by atomic mass is 10.2. The lowest BCUT2D eigenvalue weighted by Crippen LogP contribution is -2.16. The largest absolute Gasteiger partial charge is 0.368 e. The van der Waals surface area contributed by atoms with Gasteiger partial charge in [0, 0.05) is 18.9 Å². The van der Waals surface area contributed by atoms with Gasteiger partial charge in [-0.25, -0.2) is 9.37 Å². The predicted octanol–water partition coefficient (Wildman–Crippen LogP) is 3.00. The molecule has 0 aliphatic carbocycles. The molecule has 0 unspecified atom stereocenters. The van der Waals surface area contributed by atoms with E-state index in [0.29, 0.717) is 12.2 Å². The molecule has 1 amide bonds. The Bertz CT molecular complexity index is 645.